The average molecular weight is 496 g/mol. The van der Waals surface area contributed by atoms with Crippen LogP contribution < -0.4 is 0 Å². The normalized spacial score (nSPS) is 16.4. The maximum atomic E-state index is 14.3. The Kier molecular flexibility index (Phi) is 7.02. The first kappa shape index (κ1) is 25.6. The fourth-order valence-corrected chi connectivity index (χ4v) is 4.45. The molecule has 1 atom stereocenters. The van der Waals surface area contributed by atoms with Crippen molar-refractivity contribution in [1.29, 1.82) is 0 Å². The van der Waals surface area contributed by atoms with Gasteiger partial charge in [0.2, 0.25) is 0 Å². The summed E-state index contributed by atoms with van der Waals surface area (Å²) in [6.07, 6.45) is 4.75. The van der Waals surface area contributed by atoms with E-state index in [2.05, 4.69) is 4.98 Å². The quantitative estimate of drug-likeness (QED) is 0.500. The third-order valence-electron chi connectivity index (χ3n) is 6.48. The molecule has 2 amide bonds. The minimum atomic E-state index is -0.571. The zero-order chi connectivity index (χ0) is 26.2. The monoisotopic (exact) mass is 495 g/mol. The van der Waals surface area contributed by atoms with Gasteiger partial charge in [0, 0.05) is 43.7 Å². The number of carbonyl (C=O) groups excluding carboxylic acids is 2. The molecule has 1 aliphatic heterocycles. The van der Waals surface area contributed by atoms with Gasteiger partial charge < -0.3 is 14.5 Å². The van der Waals surface area contributed by atoms with Gasteiger partial charge in [0.05, 0.1) is 28.7 Å². The Hall–Kier alpha value is -3.49. The molecule has 9 heteroatoms. The van der Waals surface area contributed by atoms with Gasteiger partial charge in [-0.25, -0.2) is 13.9 Å². The van der Waals surface area contributed by atoms with Crippen LogP contribution in [-0.4, -0.2) is 68.3 Å². The van der Waals surface area contributed by atoms with E-state index in [4.69, 9.17) is 9.84 Å². The summed E-state index contributed by atoms with van der Waals surface area (Å²) in [7, 11) is 1.70. The van der Waals surface area contributed by atoms with E-state index >= 15 is 0 Å². The van der Waals surface area contributed by atoms with Crippen molar-refractivity contribution in [3.8, 4) is 5.69 Å². The van der Waals surface area contributed by atoms with Crippen LogP contribution in [0.2, 0.25) is 0 Å². The summed E-state index contributed by atoms with van der Waals surface area (Å²) in [6, 6.07) is 6.00. The topological polar surface area (TPSA) is 80.6 Å². The SMILES string of the molecule is CC(C)N(C)C(=O)c1cc(F)ccc1-n1nc(C2CCCN(C(=O)OC(C)(C)C)C2)c2ccncc21. The molecule has 1 fully saturated rings. The molecule has 0 aliphatic carbocycles. The number of pyridine rings is 1. The van der Waals surface area contributed by atoms with Gasteiger partial charge in [-0.3, -0.25) is 9.78 Å². The van der Waals surface area contributed by atoms with E-state index in [9.17, 15) is 14.0 Å². The summed E-state index contributed by atoms with van der Waals surface area (Å²) in [6.45, 7) is 10.5. The maximum Gasteiger partial charge on any atom is 0.410 e. The van der Waals surface area contributed by atoms with Crippen molar-refractivity contribution in [2.75, 3.05) is 20.1 Å². The minimum Gasteiger partial charge on any atom is -0.444 e. The van der Waals surface area contributed by atoms with Crippen LogP contribution in [0.5, 0.6) is 0 Å². The molecule has 0 spiro atoms. The van der Waals surface area contributed by atoms with E-state index in [1.807, 2.05) is 40.7 Å². The fraction of sp³-hybridized carbons (Fsp3) is 0.481. The molecular weight excluding hydrogens is 461 g/mol. The molecule has 1 unspecified atom stereocenters. The number of piperidine rings is 1. The van der Waals surface area contributed by atoms with E-state index in [-0.39, 0.29) is 29.5 Å². The highest BCUT2D eigenvalue weighted by molar-refractivity contribution is 5.98. The van der Waals surface area contributed by atoms with E-state index in [0.717, 1.165) is 29.4 Å². The van der Waals surface area contributed by atoms with Crippen molar-refractivity contribution in [2.45, 2.75) is 65.0 Å². The Morgan fingerprint density at radius 3 is 2.67 bits per heavy atom. The van der Waals surface area contributed by atoms with Crippen molar-refractivity contribution in [3.05, 3.63) is 53.7 Å². The van der Waals surface area contributed by atoms with E-state index in [1.54, 1.807) is 40.0 Å². The first-order valence-corrected chi connectivity index (χ1v) is 12.3. The van der Waals surface area contributed by atoms with Crippen molar-refractivity contribution >= 4 is 22.9 Å². The van der Waals surface area contributed by atoms with Crippen LogP contribution in [0.25, 0.3) is 16.6 Å². The molecule has 4 rings (SSSR count). The summed E-state index contributed by atoms with van der Waals surface area (Å²) >= 11 is 0. The number of likely N-dealkylation sites (tertiary alicyclic amines) is 1. The highest BCUT2D eigenvalue weighted by Gasteiger charge is 2.31. The van der Waals surface area contributed by atoms with Crippen LogP contribution in [0.4, 0.5) is 9.18 Å². The van der Waals surface area contributed by atoms with Gasteiger partial charge >= 0.3 is 6.09 Å². The first-order chi connectivity index (χ1) is 17.0. The molecule has 1 saturated heterocycles. The maximum absolute atomic E-state index is 14.3. The number of amides is 2. The van der Waals surface area contributed by atoms with Crippen LogP contribution >= 0.6 is 0 Å². The molecule has 36 heavy (non-hydrogen) atoms. The van der Waals surface area contributed by atoms with E-state index < -0.39 is 11.4 Å². The molecule has 2 aromatic heterocycles. The van der Waals surface area contributed by atoms with Crippen LogP contribution in [0.15, 0.2) is 36.7 Å². The molecule has 3 aromatic rings. The first-order valence-electron chi connectivity index (χ1n) is 12.3. The molecule has 8 nitrogen and oxygen atoms in total. The number of halogens is 1. The van der Waals surface area contributed by atoms with Gasteiger partial charge in [0.15, 0.2) is 0 Å². The lowest BCUT2D eigenvalue weighted by molar-refractivity contribution is 0.0197. The number of hydrogen-bond donors (Lipinski definition) is 0. The number of hydrogen-bond acceptors (Lipinski definition) is 5. The summed E-state index contributed by atoms with van der Waals surface area (Å²) in [5, 5.41) is 5.82. The second-order valence-electron chi connectivity index (χ2n) is 10.6. The molecule has 0 N–H and O–H groups in total. The van der Waals surface area contributed by atoms with Crippen molar-refractivity contribution in [3.63, 3.8) is 0 Å². The lowest BCUT2D eigenvalue weighted by atomic mass is 9.93. The van der Waals surface area contributed by atoms with Crippen molar-refractivity contribution < 1.29 is 18.7 Å². The molecule has 1 aromatic carbocycles. The predicted octanol–water partition coefficient (Wildman–Crippen LogP) is 5.15. The van der Waals surface area contributed by atoms with Crippen LogP contribution in [0.1, 0.15) is 69.4 Å². The van der Waals surface area contributed by atoms with Crippen molar-refractivity contribution in [1.82, 2.24) is 24.6 Å². The number of nitrogens with zero attached hydrogens (tertiary/aromatic N) is 5. The lowest BCUT2D eigenvalue weighted by Gasteiger charge is -2.33. The number of carbonyl (C=O) groups is 2. The smallest absolute Gasteiger partial charge is 0.410 e. The Labute approximate surface area is 211 Å². The third kappa shape index (κ3) is 5.20. The molecule has 192 valence electrons. The third-order valence-corrected chi connectivity index (χ3v) is 6.48. The summed E-state index contributed by atoms with van der Waals surface area (Å²) < 4.78 is 21.5. The summed E-state index contributed by atoms with van der Waals surface area (Å²) in [5.74, 6) is -0.799. The molecule has 3 heterocycles. The second-order valence-corrected chi connectivity index (χ2v) is 10.6. The Morgan fingerprint density at radius 2 is 1.97 bits per heavy atom. The zero-order valence-corrected chi connectivity index (χ0v) is 21.8. The Morgan fingerprint density at radius 1 is 1.22 bits per heavy atom. The molecule has 0 bridgehead atoms. The second kappa shape index (κ2) is 9.87. The van der Waals surface area contributed by atoms with Crippen LogP contribution in [-0.2, 0) is 4.74 Å². The van der Waals surface area contributed by atoms with Crippen molar-refractivity contribution in [2.24, 2.45) is 0 Å². The summed E-state index contributed by atoms with van der Waals surface area (Å²) in [4.78, 5) is 33.6. The largest absolute Gasteiger partial charge is 0.444 e. The number of fused-ring (bicyclic) bond motifs is 1. The van der Waals surface area contributed by atoms with Gasteiger partial charge in [0.1, 0.15) is 11.4 Å². The number of rotatable bonds is 4. The number of benzene rings is 1. The van der Waals surface area contributed by atoms with Gasteiger partial charge in [-0.15, -0.1) is 0 Å². The Balaban J connectivity index is 1.76. The van der Waals surface area contributed by atoms with Gasteiger partial charge in [-0.05, 0) is 71.7 Å². The Bertz CT molecular complexity index is 1280. The molecule has 0 saturated carbocycles. The van der Waals surface area contributed by atoms with E-state index in [1.165, 1.54) is 12.1 Å². The predicted molar refractivity (Wildman–Crippen MR) is 136 cm³/mol. The van der Waals surface area contributed by atoms with Crippen LogP contribution in [0, 0.1) is 5.82 Å². The zero-order valence-electron chi connectivity index (χ0n) is 21.8. The molecular formula is C27H34FN5O3. The number of ether oxygens (including phenoxy) is 1. The minimum absolute atomic E-state index is 0.0182. The van der Waals surface area contributed by atoms with Gasteiger partial charge in [-0.2, -0.15) is 5.10 Å². The van der Waals surface area contributed by atoms with E-state index in [0.29, 0.717) is 18.8 Å². The molecule has 0 radical (unpaired) electrons. The lowest BCUT2D eigenvalue weighted by Crippen LogP contribution is -2.42. The standard InChI is InChI=1S/C27H34FN5O3/c1-17(2)31(6)25(34)21-14-19(28)9-10-22(21)33-23-15-29-12-11-20(23)24(30-33)18-8-7-13-32(16-18)26(35)36-27(3,4)5/h9-12,14-15,17-18H,7-8,13,16H2,1-6H3. The average Bonchev–Trinajstić information content (AvgIpc) is 3.21. The highest BCUT2D eigenvalue weighted by Crippen LogP contribution is 2.34. The number of aromatic nitrogens is 3. The summed E-state index contributed by atoms with van der Waals surface area (Å²) in [5.41, 5.74) is 1.68. The van der Waals surface area contributed by atoms with Gasteiger partial charge in [0.25, 0.3) is 5.91 Å². The van der Waals surface area contributed by atoms with Crippen LogP contribution in [0.3, 0.4) is 0 Å². The molecule has 1 aliphatic rings. The van der Waals surface area contributed by atoms with Gasteiger partial charge in [-0.1, -0.05) is 0 Å². The fourth-order valence-electron chi connectivity index (χ4n) is 4.45. The highest BCUT2D eigenvalue weighted by atomic mass is 19.1.